The van der Waals surface area contributed by atoms with Gasteiger partial charge >= 0.3 is 5.97 Å². The van der Waals surface area contributed by atoms with Crippen molar-refractivity contribution in [2.45, 2.75) is 89.4 Å². The lowest BCUT2D eigenvalue weighted by atomic mass is 9.49. The number of carboxylic acid groups (broad SMARTS) is 1. The molecular formula is C28H35N3O4. The lowest BCUT2D eigenvalue weighted by molar-refractivity contribution is -0.132. The summed E-state index contributed by atoms with van der Waals surface area (Å²) in [4.78, 5) is 29.3. The van der Waals surface area contributed by atoms with Crippen LogP contribution in [0.25, 0.3) is 6.08 Å². The molecule has 2 N–H and O–H groups in total. The first-order chi connectivity index (χ1) is 16.8. The predicted octanol–water partition coefficient (Wildman–Crippen LogP) is 6.05. The largest absolute Gasteiger partial charge is 0.478 e. The van der Waals surface area contributed by atoms with Crippen molar-refractivity contribution < 1.29 is 19.2 Å². The van der Waals surface area contributed by atoms with Crippen LogP contribution in [0.5, 0.6) is 0 Å². The standard InChI is InChI=1S/C28H35N3O4/c1-20-29-24(31-35-20)27-15-12-26(13-16-27,14-17-27)19-28(10-3-2-4-11-28)25(34)30-22-7-5-6-21(18-22)8-9-23(32)33/h5-9,18H,2-4,10-17,19H2,1H3,(H,30,34)(H,32,33)/b9-8+. The third kappa shape index (κ3) is 4.78. The monoisotopic (exact) mass is 477 g/mol. The van der Waals surface area contributed by atoms with E-state index in [1.165, 1.54) is 6.42 Å². The van der Waals surface area contributed by atoms with Gasteiger partial charge in [0.05, 0.1) is 5.41 Å². The van der Waals surface area contributed by atoms with E-state index >= 15 is 0 Å². The van der Waals surface area contributed by atoms with Crippen LogP contribution in [0.2, 0.25) is 0 Å². The fourth-order valence-electron chi connectivity index (χ4n) is 6.96. The predicted molar refractivity (Wildman–Crippen MR) is 133 cm³/mol. The Morgan fingerprint density at radius 1 is 1.06 bits per heavy atom. The van der Waals surface area contributed by atoms with Gasteiger partial charge in [0.1, 0.15) is 0 Å². The molecule has 2 aromatic rings. The number of carbonyl (C=O) groups is 2. The molecule has 0 aliphatic heterocycles. The maximum absolute atomic E-state index is 13.8. The van der Waals surface area contributed by atoms with E-state index in [2.05, 4.69) is 15.5 Å². The van der Waals surface area contributed by atoms with Gasteiger partial charge in [0.2, 0.25) is 11.8 Å². The molecule has 4 saturated carbocycles. The van der Waals surface area contributed by atoms with Crippen LogP contribution in [0.1, 0.15) is 94.3 Å². The number of hydrogen-bond acceptors (Lipinski definition) is 5. The molecule has 1 amide bonds. The number of carboxylic acids is 1. The van der Waals surface area contributed by atoms with Crippen molar-refractivity contribution in [2.24, 2.45) is 10.8 Å². The summed E-state index contributed by atoms with van der Waals surface area (Å²) in [7, 11) is 0. The first-order valence-corrected chi connectivity index (χ1v) is 13.0. The van der Waals surface area contributed by atoms with Crippen molar-refractivity contribution >= 4 is 23.6 Å². The van der Waals surface area contributed by atoms with E-state index in [9.17, 15) is 9.59 Å². The minimum absolute atomic E-state index is 0.0470. The van der Waals surface area contributed by atoms with E-state index in [0.717, 1.165) is 93.8 Å². The van der Waals surface area contributed by atoms with Crippen LogP contribution in [0.3, 0.4) is 0 Å². The van der Waals surface area contributed by atoms with Crippen molar-refractivity contribution in [1.29, 1.82) is 0 Å². The highest BCUT2D eigenvalue weighted by molar-refractivity contribution is 5.96. The molecule has 4 fully saturated rings. The maximum atomic E-state index is 13.8. The fraction of sp³-hybridized carbons (Fsp3) is 0.571. The lowest BCUT2D eigenvalue weighted by Crippen LogP contribution is -2.49. The Hall–Kier alpha value is -2.96. The Labute approximate surface area is 206 Å². The Morgan fingerprint density at radius 3 is 2.40 bits per heavy atom. The average molecular weight is 478 g/mol. The molecule has 6 rings (SSSR count). The molecule has 0 atom stereocenters. The van der Waals surface area contributed by atoms with Crippen molar-refractivity contribution in [3.63, 3.8) is 0 Å². The number of benzene rings is 1. The van der Waals surface area contributed by atoms with Gasteiger partial charge in [-0.25, -0.2) is 4.79 Å². The maximum Gasteiger partial charge on any atom is 0.328 e. The van der Waals surface area contributed by atoms with E-state index in [4.69, 9.17) is 9.63 Å². The SMILES string of the molecule is Cc1nc(C23CCC(CC4(C(=O)Nc5cccc(/C=C/C(=O)O)c5)CCCCC4)(CC2)CC3)no1. The highest BCUT2D eigenvalue weighted by Crippen LogP contribution is 2.62. The van der Waals surface area contributed by atoms with Crippen LogP contribution in [0.15, 0.2) is 34.9 Å². The number of nitrogens with zero attached hydrogens (tertiary/aromatic N) is 2. The highest BCUT2D eigenvalue weighted by atomic mass is 16.5. The second-order valence-corrected chi connectivity index (χ2v) is 11.2. The summed E-state index contributed by atoms with van der Waals surface area (Å²) in [6.07, 6.45) is 15.4. The lowest BCUT2D eigenvalue weighted by Gasteiger charge is -2.55. The topological polar surface area (TPSA) is 105 Å². The summed E-state index contributed by atoms with van der Waals surface area (Å²) >= 11 is 0. The van der Waals surface area contributed by atoms with Gasteiger partial charge in [0, 0.05) is 24.1 Å². The number of aromatic nitrogens is 2. The molecule has 186 valence electrons. The van der Waals surface area contributed by atoms with Crippen LogP contribution >= 0.6 is 0 Å². The number of amides is 1. The Balaban J connectivity index is 1.32. The molecule has 35 heavy (non-hydrogen) atoms. The molecule has 0 radical (unpaired) electrons. The van der Waals surface area contributed by atoms with Crippen LogP contribution in [-0.4, -0.2) is 27.1 Å². The second kappa shape index (κ2) is 9.25. The van der Waals surface area contributed by atoms with Crippen LogP contribution in [-0.2, 0) is 15.0 Å². The van der Waals surface area contributed by atoms with Crippen LogP contribution in [0.4, 0.5) is 5.69 Å². The summed E-state index contributed by atoms with van der Waals surface area (Å²) in [6, 6.07) is 7.42. The molecule has 4 aliphatic carbocycles. The third-order valence-electron chi connectivity index (χ3n) is 8.97. The number of rotatable bonds is 7. The molecule has 0 spiro atoms. The van der Waals surface area contributed by atoms with Gasteiger partial charge in [-0.1, -0.05) is 36.6 Å². The van der Waals surface area contributed by atoms with Crippen LogP contribution < -0.4 is 5.32 Å². The van der Waals surface area contributed by atoms with Crippen molar-refractivity contribution in [3.8, 4) is 0 Å². The molecule has 1 aromatic heterocycles. The molecule has 7 heteroatoms. The van der Waals surface area contributed by atoms with E-state index in [1.54, 1.807) is 6.08 Å². The Kier molecular flexibility index (Phi) is 6.28. The van der Waals surface area contributed by atoms with Gasteiger partial charge in [-0.2, -0.15) is 4.98 Å². The number of aliphatic carboxylic acids is 1. The van der Waals surface area contributed by atoms with Gasteiger partial charge < -0.3 is 14.9 Å². The number of carbonyl (C=O) groups excluding carboxylic acids is 1. The number of hydrogen-bond donors (Lipinski definition) is 2. The van der Waals surface area contributed by atoms with Gasteiger partial charge in [0.15, 0.2) is 5.82 Å². The number of anilines is 1. The molecular weight excluding hydrogens is 442 g/mol. The molecule has 7 nitrogen and oxygen atoms in total. The minimum Gasteiger partial charge on any atom is -0.478 e. The number of fused-ring (bicyclic) bond motifs is 3. The number of aryl methyl sites for hydroxylation is 1. The normalized spacial score (nSPS) is 27.7. The molecule has 0 saturated heterocycles. The van der Waals surface area contributed by atoms with Gasteiger partial charge in [0.25, 0.3) is 0 Å². The summed E-state index contributed by atoms with van der Waals surface area (Å²) in [6.45, 7) is 1.85. The second-order valence-electron chi connectivity index (χ2n) is 11.2. The summed E-state index contributed by atoms with van der Waals surface area (Å²) in [5.41, 5.74) is 1.40. The summed E-state index contributed by atoms with van der Waals surface area (Å²) in [5, 5.41) is 16.4. The van der Waals surface area contributed by atoms with E-state index in [0.29, 0.717) is 5.89 Å². The first-order valence-electron chi connectivity index (χ1n) is 13.0. The Morgan fingerprint density at radius 2 is 1.77 bits per heavy atom. The van der Waals surface area contributed by atoms with Crippen molar-refractivity contribution in [3.05, 3.63) is 47.6 Å². The fourth-order valence-corrected chi connectivity index (χ4v) is 6.96. The van der Waals surface area contributed by atoms with Gasteiger partial charge in [-0.3, -0.25) is 4.79 Å². The highest BCUT2D eigenvalue weighted by Gasteiger charge is 2.55. The molecule has 4 aliphatic rings. The van der Waals surface area contributed by atoms with E-state index in [-0.39, 0.29) is 22.2 Å². The zero-order chi connectivity index (χ0) is 24.5. The zero-order valence-electron chi connectivity index (χ0n) is 20.5. The quantitative estimate of drug-likeness (QED) is 0.471. The Bertz CT molecular complexity index is 1100. The van der Waals surface area contributed by atoms with Gasteiger partial charge in [-0.05, 0) is 87.0 Å². The minimum atomic E-state index is -0.988. The van der Waals surface area contributed by atoms with Gasteiger partial charge in [-0.15, -0.1) is 0 Å². The molecule has 0 unspecified atom stereocenters. The summed E-state index contributed by atoms with van der Waals surface area (Å²) < 4.78 is 5.30. The van der Waals surface area contributed by atoms with E-state index < -0.39 is 5.97 Å². The first kappa shape index (κ1) is 23.8. The molecule has 1 aromatic carbocycles. The van der Waals surface area contributed by atoms with Crippen molar-refractivity contribution in [1.82, 2.24) is 10.1 Å². The summed E-state index contributed by atoms with van der Waals surface area (Å²) in [5.74, 6) is 0.655. The smallest absolute Gasteiger partial charge is 0.328 e. The van der Waals surface area contributed by atoms with E-state index in [1.807, 2.05) is 31.2 Å². The average Bonchev–Trinajstić information content (AvgIpc) is 3.31. The van der Waals surface area contributed by atoms with Crippen LogP contribution in [0, 0.1) is 17.8 Å². The third-order valence-corrected chi connectivity index (χ3v) is 8.97. The molecule has 2 bridgehead atoms. The zero-order valence-corrected chi connectivity index (χ0v) is 20.5. The number of nitrogens with one attached hydrogen (secondary N) is 1. The van der Waals surface area contributed by atoms with Crippen molar-refractivity contribution in [2.75, 3.05) is 5.32 Å². The molecule has 1 heterocycles.